The smallest absolute Gasteiger partial charge is 0.245 e. The predicted octanol–water partition coefficient (Wildman–Crippen LogP) is 0.890. The van der Waals surface area contributed by atoms with E-state index in [2.05, 4.69) is 11.4 Å². The number of likely N-dealkylation sites (tertiary alicyclic amines) is 1. The molecule has 3 N–H and O–H groups in total. The van der Waals surface area contributed by atoms with E-state index in [0.29, 0.717) is 13.0 Å². The number of carbonyl (C=O) groups is 2. The van der Waals surface area contributed by atoms with Gasteiger partial charge in [-0.05, 0) is 37.3 Å². The maximum atomic E-state index is 12.6. The van der Waals surface area contributed by atoms with Crippen LogP contribution < -0.4 is 11.1 Å². The summed E-state index contributed by atoms with van der Waals surface area (Å²) in [7, 11) is 0. The summed E-state index contributed by atoms with van der Waals surface area (Å²) in [6.07, 6.45) is 3.18. The molecule has 2 atom stereocenters. The van der Waals surface area contributed by atoms with Gasteiger partial charge in [-0.15, -0.1) is 0 Å². The van der Waals surface area contributed by atoms with Crippen LogP contribution in [0.4, 0.5) is 5.69 Å². The fourth-order valence-corrected chi connectivity index (χ4v) is 3.15. The number of hydrogen-bond acceptors (Lipinski definition) is 3. The normalized spacial score (nSPS) is 24.9. The number of nitrogens with two attached hydrogens (primary N) is 1. The van der Waals surface area contributed by atoms with Crippen molar-refractivity contribution >= 4 is 17.5 Å². The number of benzene rings is 1. The molecule has 20 heavy (non-hydrogen) atoms. The van der Waals surface area contributed by atoms with E-state index in [1.54, 1.807) is 4.90 Å². The van der Waals surface area contributed by atoms with E-state index in [1.807, 2.05) is 18.2 Å². The average Bonchev–Trinajstić information content (AvgIpc) is 2.95. The molecule has 2 aliphatic rings. The van der Waals surface area contributed by atoms with Crippen molar-refractivity contribution in [3.8, 4) is 0 Å². The van der Waals surface area contributed by atoms with Gasteiger partial charge in [0.15, 0.2) is 0 Å². The van der Waals surface area contributed by atoms with Crippen molar-refractivity contribution in [2.75, 3.05) is 11.9 Å². The number of nitrogens with one attached hydrogen (secondary N) is 1. The average molecular weight is 273 g/mol. The van der Waals surface area contributed by atoms with E-state index in [9.17, 15) is 9.59 Å². The number of anilines is 1. The third-order valence-electron chi connectivity index (χ3n) is 4.21. The molecule has 0 aliphatic carbocycles. The first-order valence-corrected chi connectivity index (χ1v) is 7.11. The lowest BCUT2D eigenvalue weighted by Crippen LogP contribution is -2.50. The van der Waals surface area contributed by atoms with Gasteiger partial charge >= 0.3 is 0 Å². The van der Waals surface area contributed by atoms with Crippen molar-refractivity contribution in [2.24, 2.45) is 5.73 Å². The summed E-state index contributed by atoms with van der Waals surface area (Å²) < 4.78 is 0. The molecular weight excluding hydrogens is 254 g/mol. The van der Waals surface area contributed by atoms with Crippen LogP contribution in [0.1, 0.15) is 24.8 Å². The van der Waals surface area contributed by atoms with Gasteiger partial charge in [0.05, 0.1) is 0 Å². The molecule has 106 valence electrons. The minimum Gasteiger partial charge on any atom is -0.373 e. The van der Waals surface area contributed by atoms with E-state index in [4.69, 9.17) is 5.73 Å². The van der Waals surface area contributed by atoms with E-state index in [0.717, 1.165) is 24.9 Å². The Morgan fingerprint density at radius 3 is 2.85 bits per heavy atom. The first kappa shape index (κ1) is 13.0. The Kier molecular flexibility index (Phi) is 3.34. The van der Waals surface area contributed by atoms with E-state index >= 15 is 0 Å². The lowest BCUT2D eigenvalue weighted by molar-refractivity contribution is -0.138. The van der Waals surface area contributed by atoms with Crippen LogP contribution in [0.25, 0.3) is 0 Å². The molecule has 0 bridgehead atoms. The van der Waals surface area contributed by atoms with E-state index in [-0.39, 0.29) is 11.9 Å². The molecule has 0 saturated carbocycles. The number of para-hydroxylation sites is 1. The second kappa shape index (κ2) is 5.15. The lowest BCUT2D eigenvalue weighted by atomic mass is 9.97. The number of fused-ring (bicyclic) bond motifs is 1. The fraction of sp³-hybridized carbons (Fsp3) is 0.467. The molecule has 2 heterocycles. The summed E-state index contributed by atoms with van der Waals surface area (Å²) in [6, 6.07) is 7.36. The van der Waals surface area contributed by atoms with Crippen molar-refractivity contribution in [3.05, 3.63) is 29.8 Å². The van der Waals surface area contributed by atoms with Crippen LogP contribution >= 0.6 is 0 Å². The zero-order valence-corrected chi connectivity index (χ0v) is 11.3. The second-order valence-corrected chi connectivity index (χ2v) is 5.48. The zero-order chi connectivity index (χ0) is 14.1. The maximum Gasteiger partial charge on any atom is 0.245 e. The number of hydrogen-bond donors (Lipinski definition) is 2. The highest BCUT2D eigenvalue weighted by Crippen LogP contribution is 2.27. The molecule has 0 radical (unpaired) electrons. The van der Waals surface area contributed by atoms with Crippen LogP contribution in [0, 0.1) is 0 Å². The Hall–Kier alpha value is -2.04. The van der Waals surface area contributed by atoms with Crippen LogP contribution in [-0.4, -0.2) is 35.3 Å². The number of carbonyl (C=O) groups excluding carboxylic acids is 2. The molecule has 0 aromatic heterocycles. The van der Waals surface area contributed by atoms with Gasteiger partial charge in [-0.1, -0.05) is 18.2 Å². The molecule has 2 aliphatic heterocycles. The van der Waals surface area contributed by atoms with Crippen LogP contribution in [0.3, 0.4) is 0 Å². The molecule has 1 aromatic carbocycles. The van der Waals surface area contributed by atoms with Crippen LogP contribution in [0.2, 0.25) is 0 Å². The molecule has 1 aromatic rings. The van der Waals surface area contributed by atoms with Crippen LogP contribution in [0.5, 0.6) is 0 Å². The Bertz CT molecular complexity index is 544. The molecular formula is C15H19N3O2. The minimum absolute atomic E-state index is 0.000744. The third-order valence-corrected chi connectivity index (χ3v) is 4.21. The van der Waals surface area contributed by atoms with Crippen LogP contribution in [-0.2, 0) is 16.0 Å². The van der Waals surface area contributed by atoms with Crippen molar-refractivity contribution in [1.29, 1.82) is 0 Å². The summed E-state index contributed by atoms with van der Waals surface area (Å²) in [4.78, 5) is 25.6. The molecule has 1 fully saturated rings. The van der Waals surface area contributed by atoms with Gasteiger partial charge in [-0.3, -0.25) is 9.59 Å². The van der Waals surface area contributed by atoms with Gasteiger partial charge in [0, 0.05) is 12.2 Å². The standard InChI is InChI=1S/C15H19N3O2/c16-14(19)13-6-3-9-18(13)15(20)12-8-7-10-4-1-2-5-11(10)17-12/h1-2,4-5,12-13,17H,3,6-9H2,(H2,16,19). The quantitative estimate of drug-likeness (QED) is 0.840. The summed E-state index contributed by atoms with van der Waals surface area (Å²) in [5, 5.41) is 3.29. The monoisotopic (exact) mass is 273 g/mol. The predicted molar refractivity (Wildman–Crippen MR) is 76.1 cm³/mol. The number of nitrogens with zero attached hydrogens (tertiary/aromatic N) is 1. The van der Waals surface area contributed by atoms with Crippen molar-refractivity contribution in [1.82, 2.24) is 4.90 Å². The van der Waals surface area contributed by atoms with Crippen molar-refractivity contribution in [2.45, 2.75) is 37.8 Å². The molecule has 5 heteroatoms. The highest BCUT2D eigenvalue weighted by Gasteiger charge is 2.36. The zero-order valence-electron chi connectivity index (χ0n) is 11.3. The topological polar surface area (TPSA) is 75.4 Å². The highest BCUT2D eigenvalue weighted by molar-refractivity contribution is 5.91. The van der Waals surface area contributed by atoms with Gasteiger partial charge in [-0.2, -0.15) is 0 Å². The molecule has 0 spiro atoms. The Morgan fingerprint density at radius 1 is 1.25 bits per heavy atom. The maximum absolute atomic E-state index is 12.6. The molecule has 1 saturated heterocycles. The second-order valence-electron chi connectivity index (χ2n) is 5.48. The van der Waals surface area contributed by atoms with Crippen molar-refractivity contribution < 1.29 is 9.59 Å². The summed E-state index contributed by atoms with van der Waals surface area (Å²) >= 11 is 0. The summed E-state index contributed by atoms with van der Waals surface area (Å²) in [5.74, 6) is -0.395. The van der Waals surface area contributed by atoms with Gasteiger partial charge in [0.25, 0.3) is 0 Å². The Morgan fingerprint density at radius 2 is 2.05 bits per heavy atom. The summed E-state index contributed by atoms with van der Waals surface area (Å²) in [6.45, 7) is 0.631. The number of rotatable bonds is 2. The van der Waals surface area contributed by atoms with E-state index in [1.165, 1.54) is 5.56 Å². The van der Waals surface area contributed by atoms with E-state index < -0.39 is 11.9 Å². The molecule has 5 nitrogen and oxygen atoms in total. The third kappa shape index (κ3) is 2.24. The number of amides is 2. The number of primary amides is 1. The Labute approximate surface area is 118 Å². The minimum atomic E-state index is -0.429. The number of aryl methyl sites for hydroxylation is 1. The molecule has 3 rings (SSSR count). The SMILES string of the molecule is NC(=O)C1CCCN1C(=O)C1CCc2ccccc2N1. The van der Waals surface area contributed by atoms with Gasteiger partial charge in [0.2, 0.25) is 11.8 Å². The molecule has 2 amide bonds. The lowest BCUT2D eigenvalue weighted by Gasteiger charge is -2.31. The van der Waals surface area contributed by atoms with Gasteiger partial charge in [0.1, 0.15) is 12.1 Å². The highest BCUT2D eigenvalue weighted by atomic mass is 16.2. The summed E-state index contributed by atoms with van der Waals surface area (Å²) in [5.41, 5.74) is 7.64. The first-order valence-electron chi connectivity index (χ1n) is 7.11. The largest absolute Gasteiger partial charge is 0.373 e. The van der Waals surface area contributed by atoms with Crippen LogP contribution in [0.15, 0.2) is 24.3 Å². The fourth-order valence-electron chi connectivity index (χ4n) is 3.15. The first-order chi connectivity index (χ1) is 9.66. The molecule has 2 unspecified atom stereocenters. The van der Waals surface area contributed by atoms with Gasteiger partial charge in [-0.25, -0.2) is 0 Å². The van der Waals surface area contributed by atoms with Crippen molar-refractivity contribution in [3.63, 3.8) is 0 Å². The van der Waals surface area contributed by atoms with Gasteiger partial charge < -0.3 is 16.0 Å². The Balaban J connectivity index is 1.74.